The third-order valence-corrected chi connectivity index (χ3v) is 6.37. The number of allylic oxidation sites excluding steroid dienone is 2. The molecule has 12 nitrogen and oxygen atoms in total. The van der Waals surface area contributed by atoms with Gasteiger partial charge in [-0.15, -0.1) is 0 Å². The Hall–Kier alpha value is -4.50. The average molecular weight is 501 g/mol. The topological polar surface area (TPSA) is 162 Å². The molecule has 0 atom stereocenters. The van der Waals surface area contributed by atoms with Gasteiger partial charge in [0, 0.05) is 36.6 Å². The van der Waals surface area contributed by atoms with Crippen LogP contribution in [0.15, 0.2) is 41.1 Å². The van der Waals surface area contributed by atoms with E-state index in [1.54, 1.807) is 24.0 Å². The lowest BCUT2D eigenvalue weighted by Gasteiger charge is -2.34. The van der Waals surface area contributed by atoms with Gasteiger partial charge in [-0.3, -0.25) is 9.67 Å². The molecule has 2 aliphatic rings. The normalized spacial score (nSPS) is 20.2. The number of hydrogen-bond acceptors (Lipinski definition) is 10. The average Bonchev–Trinajstić information content (AvgIpc) is 3.42. The Labute approximate surface area is 213 Å². The van der Waals surface area contributed by atoms with Gasteiger partial charge in [-0.05, 0) is 12.8 Å². The fourth-order valence-electron chi connectivity index (χ4n) is 4.36. The van der Waals surface area contributed by atoms with Gasteiger partial charge in [0.1, 0.15) is 22.8 Å². The predicted octanol–water partition coefficient (Wildman–Crippen LogP) is 3.16. The van der Waals surface area contributed by atoms with Crippen molar-refractivity contribution in [2.24, 2.45) is 12.0 Å². The van der Waals surface area contributed by atoms with Crippen molar-refractivity contribution in [3.63, 3.8) is 0 Å². The number of nitrogens with zero attached hydrogens (tertiary/aromatic N) is 7. The number of rotatable bonds is 6. The summed E-state index contributed by atoms with van der Waals surface area (Å²) in [5, 5.41) is 38.6. The summed E-state index contributed by atoms with van der Waals surface area (Å²) in [4.78, 5) is 13.0. The van der Waals surface area contributed by atoms with Crippen LogP contribution in [0.25, 0.3) is 11.2 Å². The molecule has 5 rings (SSSR count). The number of aromatic nitrogens is 5. The number of aliphatic hydroxyl groups excluding tert-OH is 1. The minimum Gasteiger partial charge on any atom is -0.450 e. The van der Waals surface area contributed by atoms with E-state index in [-0.39, 0.29) is 34.6 Å². The zero-order valence-electron chi connectivity index (χ0n) is 21.0. The van der Waals surface area contributed by atoms with Crippen molar-refractivity contribution < 1.29 is 9.84 Å². The summed E-state index contributed by atoms with van der Waals surface area (Å²) in [6, 6.07) is 4.34. The monoisotopic (exact) mass is 500 g/mol. The third kappa shape index (κ3) is 4.45. The first kappa shape index (κ1) is 24.2. The lowest BCUT2D eigenvalue weighted by Crippen LogP contribution is -2.34. The van der Waals surface area contributed by atoms with Crippen LogP contribution in [-0.4, -0.2) is 48.0 Å². The number of imidazole rings is 1. The van der Waals surface area contributed by atoms with Gasteiger partial charge in [0.05, 0.1) is 30.8 Å². The summed E-state index contributed by atoms with van der Waals surface area (Å²) in [5.74, 6) is 1.47. The van der Waals surface area contributed by atoms with Crippen LogP contribution in [0, 0.1) is 16.7 Å². The number of aliphatic imine (C=N–C) groups is 1. The van der Waals surface area contributed by atoms with E-state index in [1.165, 1.54) is 12.4 Å². The van der Waals surface area contributed by atoms with Crippen molar-refractivity contribution in [2.75, 3.05) is 5.32 Å². The Kier molecular flexibility index (Phi) is 6.01. The Morgan fingerprint density at radius 1 is 1.38 bits per heavy atom. The first-order valence-corrected chi connectivity index (χ1v) is 11.9. The molecule has 4 N–H and O–H groups in total. The van der Waals surface area contributed by atoms with Gasteiger partial charge in [0.2, 0.25) is 5.95 Å². The number of nitriles is 1. The van der Waals surface area contributed by atoms with E-state index >= 15 is 0 Å². The molecule has 37 heavy (non-hydrogen) atoms. The van der Waals surface area contributed by atoms with Gasteiger partial charge in [-0.2, -0.15) is 15.3 Å². The van der Waals surface area contributed by atoms with Crippen molar-refractivity contribution in [1.29, 1.82) is 10.7 Å². The highest BCUT2D eigenvalue weighted by Gasteiger charge is 2.34. The molecular formula is C25H28N10O2. The molecule has 4 heterocycles. The number of nitrogens with one attached hydrogen (secondary N) is 3. The van der Waals surface area contributed by atoms with Crippen molar-refractivity contribution in [3.05, 3.63) is 47.4 Å². The minimum absolute atomic E-state index is 0.142. The van der Waals surface area contributed by atoms with Crippen LogP contribution in [0.5, 0.6) is 5.75 Å². The second-order valence-electron chi connectivity index (χ2n) is 10.1. The summed E-state index contributed by atoms with van der Waals surface area (Å²) in [6.45, 7) is 6.38. The van der Waals surface area contributed by atoms with Crippen LogP contribution >= 0.6 is 0 Å². The van der Waals surface area contributed by atoms with Gasteiger partial charge in [-0.25, -0.2) is 4.98 Å². The van der Waals surface area contributed by atoms with E-state index in [4.69, 9.17) is 15.2 Å². The number of ether oxygens (including phenoxy) is 1. The summed E-state index contributed by atoms with van der Waals surface area (Å²) in [6.07, 6.45) is 8.26. The second-order valence-corrected chi connectivity index (χ2v) is 10.1. The second kappa shape index (κ2) is 9.18. The van der Waals surface area contributed by atoms with Gasteiger partial charge in [0.15, 0.2) is 23.0 Å². The van der Waals surface area contributed by atoms with Crippen LogP contribution in [-0.2, 0) is 12.5 Å². The molecule has 3 aromatic rings. The number of hydrogen-bond donors (Lipinski definition) is 4. The van der Waals surface area contributed by atoms with E-state index < -0.39 is 0 Å². The molecule has 0 unspecified atom stereocenters. The lowest BCUT2D eigenvalue weighted by molar-refractivity contribution is 0.0411. The third-order valence-electron chi connectivity index (χ3n) is 6.37. The smallest absolute Gasteiger partial charge is 0.210 e. The van der Waals surface area contributed by atoms with Crippen molar-refractivity contribution in [2.45, 2.75) is 51.2 Å². The predicted molar refractivity (Wildman–Crippen MR) is 139 cm³/mol. The van der Waals surface area contributed by atoms with E-state index in [9.17, 15) is 10.4 Å². The molecule has 0 spiro atoms. The van der Waals surface area contributed by atoms with Crippen LogP contribution in [0.1, 0.15) is 50.9 Å². The Balaban J connectivity index is 1.50. The molecule has 12 heteroatoms. The summed E-state index contributed by atoms with van der Waals surface area (Å²) in [5.41, 5.74) is 2.49. The highest BCUT2D eigenvalue weighted by molar-refractivity contribution is 5.90. The summed E-state index contributed by atoms with van der Waals surface area (Å²) in [7, 11) is 1.78. The number of pyridine rings is 1. The maximum absolute atomic E-state index is 10.00. The van der Waals surface area contributed by atoms with Crippen molar-refractivity contribution in [1.82, 2.24) is 29.6 Å². The van der Waals surface area contributed by atoms with Crippen LogP contribution < -0.4 is 15.4 Å². The zero-order valence-corrected chi connectivity index (χ0v) is 21.0. The van der Waals surface area contributed by atoms with Gasteiger partial charge < -0.3 is 30.5 Å². The number of anilines is 2. The number of fused-ring (bicyclic) bond motifs is 1. The minimum atomic E-state index is -0.286. The fraction of sp³-hybridized carbons (Fsp3) is 0.360. The molecule has 0 bridgehead atoms. The highest BCUT2D eigenvalue weighted by atomic mass is 16.5. The van der Waals surface area contributed by atoms with Gasteiger partial charge in [0.25, 0.3) is 0 Å². The van der Waals surface area contributed by atoms with Crippen LogP contribution in [0.3, 0.4) is 0 Å². The van der Waals surface area contributed by atoms with Gasteiger partial charge in [-0.1, -0.05) is 20.8 Å². The molecule has 1 aliphatic heterocycles. The standard InChI is InChI=1S/C25H28N10O2/c1-25(2,3)20-9-21(33-35(20)14-7-15(36)8-14)31-24-32-23-22(34(24)4)16(10-26)19(13-30-23)37-18(11-27)17-12-28-5-6-29-17/h5-6,9,11-15,27,29,36H,7-8H2,1-4H3,(H,30,31,32,33)/b18-17+,27-11?. The quantitative estimate of drug-likeness (QED) is 0.296. The highest BCUT2D eigenvalue weighted by Crippen LogP contribution is 2.37. The molecule has 0 radical (unpaired) electrons. The van der Waals surface area contributed by atoms with Crippen LogP contribution in [0.4, 0.5) is 11.8 Å². The van der Waals surface area contributed by atoms with Crippen LogP contribution in [0.2, 0.25) is 0 Å². The van der Waals surface area contributed by atoms with Crippen molar-refractivity contribution >= 4 is 35.4 Å². The number of aliphatic hydroxyl groups is 1. The first-order valence-electron chi connectivity index (χ1n) is 11.9. The first-order chi connectivity index (χ1) is 17.7. The van der Waals surface area contributed by atoms with E-state index in [0.717, 1.165) is 11.9 Å². The molecule has 0 saturated heterocycles. The molecule has 0 amide bonds. The molecule has 3 aromatic heterocycles. The Bertz CT molecular complexity index is 1510. The number of aryl methyl sites for hydroxylation is 1. The Morgan fingerprint density at radius 2 is 2.16 bits per heavy atom. The van der Waals surface area contributed by atoms with E-state index in [2.05, 4.69) is 52.4 Å². The summed E-state index contributed by atoms with van der Waals surface area (Å²) < 4.78 is 9.62. The molecule has 1 aliphatic carbocycles. The largest absolute Gasteiger partial charge is 0.450 e. The molecule has 1 fully saturated rings. The molecular weight excluding hydrogens is 472 g/mol. The van der Waals surface area contributed by atoms with Crippen molar-refractivity contribution in [3.8, 4) is 11.8 Å². The molecule has 0 aromatic carbocycles. The zero-order chi connectivity index (χ0) is 26.3. The summed E-state index contributed by atoms with van der Waals surface area (Å²) >= 11 is 0. The maximum Gasteiger partial charge on any atom is 0.210 e. The maximum atomic E-state index is 10.00. The lowest BCUT2D eigenvalue weighted by atomic mass is 9.87. The Morgan fingerprint density at radius 3 is 2.78 bits per heavy atom. The van der Waals surface area contributed by atoms with E-state index in [0.29, 0.717) is 41.5 Å². The molecule has 1 saturated carbocycles. The fourth-order valence-corrected chi connectivity index (χ4v) is 4.36. The van der Waals surface area contributed by atoms with E-state index in [1.807, 2.05) is 10.7 Å². The molecule has 190 valence electrons. The van der Waals surface area contributed by atoms with Gasteiger partial charge >= 0.3 is 0 Å². The SMILES string of the molecule is Cn1c(Nc2cc(C(C)(C)C)n(C3CC(O)C3)n2)nc2ncc(O/C(C=N)=C3\C=NC=CN3)c(C#N)c21.